The van der Waals surface area contributed by atoms with Crippen LogP contribution in [0.25, 0.3) is 0 Å². The zero-order valence-electron chi connectivity index (χ0n) is 8.23. The van der Waals surface area contributed by atoms with Gasteiger partial charge in [-0.25, -0.2) is 5.43 Å². The lowest BCUT2D eigenvalue weighted by Gasteiger charge is -1.96. The van der Waals surface area contributed by atoms with Crippen molar-refractivity contribution < 1.29 is 4.79 Å². The van der Waals surface area contributed by atoms with Crippen LogP contribution < -0.4 is 5.43 Å². The molecular formula is C11H14N2O. The third-order valence-corrected chi connectivity index (χ3v) is 1.72. The molecule has 74 valence electrons. The molecule has 0 aliphatic heterocycles. The molecule has 0 aromatic heterocycles. The van der Waals surface area contributed by atoms with E-state index in [2.05, 4.69) is 22.7 Å². The van der Waals surface area contributed by atoms with Crippen LogP contribution in [0, 0.1) is 0 Å². The monoisotopic (exact) mass is 190 g/mol. The summed E-state index contributed by atoms with van der Waals surface area (Å²) in [6.45, 7) is 1.44. The molecule has 14 heavy (non-hydrogen) atoms. The first-order valence-electron chi connectivity index (χ1n) is 4.61. The van der Waals surface area contributed by atoms with Crippen molar-refractivity contribution in [3.8, 4) is 0 Å². The molecule has 0 unspecified atom stereocenters. The van der Waals surface area contributed by atoms with E-state index in [0.29, 0.717) is 0 Å². The van der Waals surface area contributed by atoms with Crippen LogP contribution in [0.2, 0.25) is 0 Å². The predicted octanol–water partition coefficient (Wildman–Crippen LogP) is 1.74. The second kappa shape index (κ2) is 5.91. The Hall–Kier alpha value is -1.64. The van der Waals surface area contributed by atoms with Crippen LogP contribution >= 0.6 is 0 Å². The van der Waals surface area contributed by atoms with Crippen LogP contribution in [0.4, 0.5) is 0 Å². The van der Waals surface area contributed by atoms with Gasteiger partial charge in [0.1, 0.15) is 0 Å². The van der Waals surface area contributed by atoms with Gasteiger partial charge in [0.25, 0.3) is 0 Å². The van der Waals surface area contributed by atoms with E-state index < -0.39 is 0 Å². The van der Waals surface area contributed by atoms with Gasteiger partial charge >= 0.3 is 0 Å². The summed E-state index contributed by atoms with van der Waals surface area (Å²) >= 11 is 0. The van der Waals surface area contributed by atoms with E-state index in [1.807, 2.05) is 18.2 Å². The van der Waals surface area contributed by atoms with Gasteiger partial charge in [-0.1, -0.05) is 30.3 Å². The lowest BCUT2D eigenvalue weighted by molar-refractivity contribution is -0.118. The average Bonchev–Trinajstić information content (AvgIpc) is 2.18. The molecule has 0 saturated heterocycles. The summed E-state index contributed by atoms with van der Waals surface area (Å²) in [5.74, 6) is -0.138. The summed E-state index contributed by atoms with van der Waals surface area (Å²) in [5, 5.41) is 3.76. The normalized spacial score (nSPS) is 10.4. The fourth-order valence-corrected chi connectivity index (χ4v) is 1.08. The van der Waals surface area contributed by atoms with Gasteiger partial charge in [-0.3, -0.25) is 4.79 Å². The van der Waals surface area contributed by atoms with Gasteiger partial charge in [0.05, 0.1) is 0 Å². The highest BCUT2D eigenvalue weighted by Crippen LogP contribution is 2.00. The van der Waals surface area contributed by atoms with E-state index in [1.165, 1.54) is 12.5 Å². The quantitative estimate of drug-likeness (QED) is 0.570. The zero-order chi connectivity index (χ0) is 10.2. The second-order valence-corrected chi connectivity index (χ2v) is 3.00. The fraction of sp³-hybridized carbons (Fsp3) is 0.273. The molecule has 1 amide bonds. The van der Waals surface area contributed by atoms with E-state index in [9.17, 15) is 4.79 Å². The number of nitrogens with zero attached hydrogens (tertiary/aromatic N) is 1. The second-order valence-electron chi connectivity index (χ2n) is 3.00. The molecule has 0 aliphatic rings. The first-order valence-corrected chi connectivity index (χ1v) is 4.61. The van der Waals surface area contributed by atoms with Crippen molar-refractivity contribution in [3.05, 3.63) is 35.9 Å². The number of amides is 1. The maximum absolute atomic E-state index is 10.5. The van der Waals surface area contributed by atoms with Crippen LogP contribution in [0.1, 0.15) is 18.9 Å². The van der Waals surface area contributed by atoms with E-state index in [4.69, 9.17) is 0 Å². The van der Waals surface area contributed by atoms with E-state index >= 15 is 0 Å². The lowest BCUT2D eigenvalue weighted by atomic mass is 10.1. The maximum atomic E-state index is 10.5. The molecule has 1 N–H and O–H groups in total. The van der Waals surface area contributed by atoms with Crippen molar-refractivity contribution in [1.29, 1.82) is 0 Å². The first-order chi connectivity index (χ1) is 6.79. The van der Waals surface area contributed by atoms with Crippen molar-refractivity contribution >= 4 is 12.1 Å². The number of hydrazone groups is 1. The van der Waals surface area contributed by atoms with Crippen LogP contribution in [0.5, 0.6) is 0 Å². The number of benzene rings is 1. The molecule has 0 aliphatic carbocycles. The third kappa shape index (κ3) is 4.40. The highest BCUT2D eigenvalue weighted by molar-refractivity contribution is 5.73. The Bertz CT molecular complexity index is 306. The van der Waals surface area contributed by atoms with Gasteiger partial charge in [-0.05, 0) is 18.4 Å². The largest absolute Gasteiger partial charge is 0.274 e. The molecular weight excluding hydrogens is 176 g/mol. The average molecular weight is 190 g/mol. The number of hydrogen-bond acceptors (Lipinski definition) is 2. The van der Waals surface area contributed by atoms with Crippen molar-refractivity contribution in [2.75, 3.05) is 0 Å². The van der Waals surface area contributed by atoms with E-state index in [0.717, 1.165) is 12.8 Å². The molecule has 1 aromatic carbocycles. The summed E-state index contributed by atoms with van der Waals surface area (Å²) in [6.07, 6.45) is 3.50. The number of aryl methyl sites for hydroxylation is 1. The van der Waals surface area contributed by atoms with Gasteiger partial charge in [-0.15, -0.1) is 0 Å². The third-order valence-electron chi connectivity index (χ3n) is 1.72. The summed E-state index contributed by atoms with van der Waals surface area (Å²) in [7, 11) is 0. The molecule has 0 bridgehead atoms. The summed E-state index contributed by atoms with van der Waals surface area (Å²) < 4.78 is 0. The molecule has 0 heterocycles. The van der Waals surface area contributed by atoms with Gasteiger partial charge < -0.3 is 0 Å². The van der Waals surface area contributed by atoms with E-state index in [1.54, 1.807) is 6.21 Å². The summed E-state index contributed by atoms with van der Waals surface area (Å²) in [5.41, 5.74) is 3.64. The van der Waals surface area contributed by atoms with Gasteiger partial charge in [0, 0.05) is 13.1 Å². The molecule has 0 atom stereocenters. The zero-order valence-corrected chi connectivity index (χ0v) is 8.23. The van der Waals surface area contributed by atoms with Gasteiger partial charge in [0.15, 0.2) is 0 Å². The minimum absolute atomic E-state index is 0.138. The number of rotatable bonds is 4. The van der Waals surface area contributed by atoms with Gasteiger partial charge in [-0.2, -0.15) is 5.10 Å². The maximum Gasteiger partial charge on any atom is 0.236 e. The lowest BCUT2D eigenvalue weighted by Crippen LogP contribution is -2.12. The summed E-state index contributed by atoms with van der Waals surface area (Å²) in [6, 6.07) is 10.2. The topological polar surface area (TPSA) is 41.5 Å². The Labute approximate surface area is 83.8 Å². The predicted molar refractivity (Wildman–Crippen MR) is 57.1 cm³/mol. The Morgan fingerprint density at radius 3 is 2.79 bits per heavy atom. The molecule has 1 aromatic rings. The highest BCUT2D eigenvalue weighted by Gasteiger charge is 1.88. The van der Waals surface area contributed by atoms with Crippen LogP contribution in [-0.2, 0) is 11.2 Å². The van der Waals surface area contributed by atoms with Crippen LogP contribution in [0.15, 0.2) is 35.4 Å². The smallest absolute Gasteiger partial charge is 0.236 e. The Kier molecular flexibility index (Phi) is 4.41. The molecule has 0 fully saturated rings. The fourth-order valence-electron chi connectivity index (χ4n) is 1.08. The molecule has 0 radical (unpaired) electrons. The summed E-state index contributed by atoms with van der Waals surface area (Å²) in [4.78, 5) is 10.5. The van der Waals surface area contributed by atoms with Crippen molar-refractivity contribution in [1.82, 2.24) is 5.43 Å². The molecule has 0 saturated carbocycles. The van der Waals surface area contributed by atoms with Crippen molar-refractivity contribution in [2.45, 2.75) is 19.8 Å². The molecule has 0 spiro atoms. The Morgan fingerprint density at radius 1 is 1.43 bits per heavy atom. The first kappa shape index (κ1) is 10.4. The molecule has 3 nitrogen and oxygen atoms in total. The van der Waals surface area contributed by atoms with E-state index in [-0.39, 0.29) is 5.91 Å². The Balaban J connectivity index is 2.22. The number of carbonyl (C=O) groups is 1. The number of nitrogens with one attached hydrogen (secondary N) is 1. The highest BCUT2D eigenvalue weighted by atomic mass is 16.2. The Morgan fingerprint density at radius 2 is 2.14 bits per heavy atom. The van der Waals surface area contributed by atoms with Crippen LogP contribution in [-0.4, -0.2) is 12.1 Å². The van der Waals surface area contributed by atoms with Gasteiger partial charge in [0.2, 0.25) is 5.91 Å². The van der Waals surface area contributed by atoms with Crippen LogP contribution in [0.3, 0.4) is 0 Å². The minimum atomic E-state index is -0.138. The number of carbonyl (C=O) groups excluding carboxylic acids is 1. The SMILES string of the molecule is CC(=O)NN=CCCc1ccccc1. The standard InChI is InChI=1S/C11H14N2O/c1-10(14)13-12-9-5-8-11-6-3-2-4-7-11/h2-4,6-7,9H,5,8H2,1H3,(H,13,14). The molecule has 1 rings (SSSR count). The minimum Gasteiger partial charge on any atom is -0.274 e. The van der Waals surface area contributed by atoms with Crippen molar-refractivity contribution in [3.63, 3.8) is 0 Å². The molecule has 3 heteroatoms. The number of hydrogen-bond donors (Lipinski definition) is 1. The van der Waals surface area contributed by atoms with Crippen molar-refractivity contribution in [2.24, 2.45) is 5.10 Å².